The molecule has 0 unspecified atom stereocenters. The second kappa shape index (κ2) is 9.44. The molecule has 0 saturated carbocycles. The van der Waals surface area contributed by atoms with E-state index in [9.17, 15) is 0 Å². The molecule has 0 radical (unpaired) electrons. The van der Waals surface area contributed by atoms with Crippen LogP contribution in [0.1, 0.15) is 44.6 Å². The van der Waals surface area contributed by atoms with E-state index >= 15 is 0 Å². The minimum atomic E-state index is 0.431. The molecule has 0 aliphatic heterocycles. The van der Waals surface area contributed by atoms with Crippen LogP contribution in [0.3, 0.4) is 0 Å². The molecule has 2 aromatic heterocycles. The average molecular weight is 446 g/mol. The van der Waals surface area contributed by atoms with Gasteiger partial charge < -0.3 is 15.6 Å². The van der Waals surface area contributed by atoms with Crippen molar-refractivity contribution in [2.75, 3.05) is 11.1 Å². The summed E-state index contributed by atoms with van der Waals surface area (Å²) in [5.41, 5.74) is 13.6. The number of tetrazole rings is 1. The number of H-pyrrole nitrogens is 1. The number of aromatic nitrogens is 5. The first-order valence-corrected chi connectivity index (χ1v) is 11.3. The number of hydrogen-bond acceptors (Lipinski definition) is 7. The molecular weight excluding hydrogens is 414 g/mol. The molecule has 4 aromatic rings. The molecule has 0 aliphatic carbocycles. The molecule has 0 aliphatic rings. The van der Waals surface area contributed by atoms with Gasteiger partial charge >= 0.3 is 0 Å². The van der Waals surface area contributed by atoms with Gasteiger partial charge in [-0.2, -0.15) is 5.21 Å². The van der Waals surface area contributed by atoms with Crippen molar-refractivity contribution in [3.63, 3.8) is 0 Å². The first-order chi connectivity index (χ1) is 15.8. The second-order valence-electron chi connectivity index (χ2n) is 9.24. The van der Waals surface area contributed by atoms with Crippen LogP contribution in [0.4, 0.5) is 17.2 Å². The van der Waals surface area contributed by atoms with Crippen molar-refractivity contribution in [2.45, 2.75) is 47.5 Å². The Kier molecular flexibility index (Phi) is 6.44. The molecule has 33 heavy (non-hydrogen) atoms. The Bertz CT molecular complexity index is 1210. The fourth-order valence-corrected chi connectivity index (χ4v) is 4.25. The first-order valence-electron chi connectivity index (χ1n) is 11.3. The number of nitrogens with zero attached hydrogens (tertiary/aromatic N) is 4. The number of aryl methyl sites for hydroxylation is 1. The normalized spacial score (nSPS) is 11.5. The lowest BCUT2D eigenvalue weighted by molar-refractivity contribution is 0.400. The zero-order valence-corrected chi connectivity index (χ0v) is 19.8. The van der Waals surface area contributed by atoms with E-state index in [2.05, 4.69) is 70.9 Å². The summed E-state index contributed by atoms with van der Waals surface area (Å²) in [6.07, 6.45) is 1.73. The largest absolute Gasteiger partial charge is 0.397 e. The highest BCUT2D eigenvalue weighted by atomic mass is 16.5. The molecule has 0 saturated heterocycles. The highest BCUT2D eigenvalue weighted by Crippen LogP contribution is 2.47. The lowest BCUT2D eigenvalue weighted by atomic mass is 9.82. The van der Waals surface area contributed by atoms with Crippen LogP contribution in [0.2, 0.25) is 0 Å². The molecule has 0 bridgehead atoms. The highest BCUT2D eigenvalue weighted by molar-refractivity contribution is 5.99. The molecular formula is C25H31N7O. The van der Waals surface area contributed by atoms with E-state index in [0.29, 0.717) is 40.6 Å². The fourth-order valence-electron chi connectivity index (χ4n) is 4.25. The molecule has 4 rings (SSSR count). The number of aromatic amines is 1. The first kappa shape index (κ1) is 22.5. The van der Waals surface area contributed by atoms with Gasteiger partial charge in [0.25, 0.3) is 0 Å². The summed E-state index contributed by atoms with van der Waals surface area (Å²) >= 11 is 0. The Morgan fingerprint density at radius 3 is 2.27 bits per heavy atom. The molecule has 2 heterocycles. The lowest BCUT2D eigenvalue weighted by Gasteiger charge is -2.26. The number of nitrogen functional groups attached to an aromatic ring is 1. The Hall–Kier alpha value is -3.68. The smallest absolute Gasteiger partial charge is 0.207 e. The van der Waals surface area contributed by atoms with E-state index in [1.165, 1.54) is 5.56 Å². The summed E-state index contributed by atoms with van der Waals surface area (Å²) < 4.78 is 5.29. The van der Waals surface area contributed by atoms with Gasteiger partial charge in [-0.05, 0) is 59.1 Å². The van der Waals surface area contributed by atoms with Crippen LogP contribution in [0.15, 0.2) is 40.9 Å². The number of benzene rings is 2. The summed E-state index contributed by atoms with van der Waals surface area (Å²) in [6.45, 7) is 10.7. The van der Waals surface area contributed by atoms with Crippen LogP contribution >= 0.6 is 0 Å². The van der Waals surface area contributed by atoms with Gasteiger partial charge in [-0.3, -0.25) is 0 Å². The summed E-state index contributed by atoms with van der Waals surface area (Å²) in [5, 5.41) is 22.7. The molecule has 0 amide bonds. The van der Waals surface area contributed by atoms with E-state index < -0.39 is 0 Å². The highest BCUT2D eigenvalue weighted by Gasteiger charge is 2.27. The van der Waals surface area contributed by atoms with Crippen molar-refractivity contribution in [3.05, 3.63) is 53.3 Å². The molecule has 0 fully saturated rings. The number of hydrogen-bond donors (Lipinski definition) is 3. The maximum atomic E-state index is 6.91. The van der Waals surface area contributed by atoms with Gasteiger partial charge in [0.2, 0.25) is 5.82 Å². The number of rotatable bonds is 8. The number of anilines is 3. The molecule has 2 aromatic carbocycles. The van der Waals surface area contributed by atoms with Gasteiger partial charge in [-0.15, -0.1) is 10.2 Å². The number of nitrogens with two attached hydrogens (primary N) is 1. The Labute approximate surface area is 194 Å². The predicted molar refractivity (Wildman–Crippen MR) is 131 cm³/mol. The maximum absolute atomic E-state index is 6.91. The van der Waals surface area contributed by atoms with Gasteiger partial charge in [-0.1, -0.05) is 63.2 Å². The lowest BCUT2D eigenvalue weighted by Crippen LogP contribution is -2.13. The van der Waals surface area contributed by atoms with E-state index in [0.717, 1.165) is 35.1 Å². The summed E-state index contributed by atoms with van der Waals surface area (Å²) in [4.78, 5) is 0. The minimum Gasteiger partial charge on any atom is -0.397 e. The Morgan fingerprint density at radius 2 is 1.70 bits per heavy atom. The van der Waals surface area contributed by atoms with Crippen molar-refractivity contribution in [3.8, 4) is 22.5 Å². The third-order valence-electron chi connectivity index (χ3n) is 5.50. The van der Waals surface area contributed by atoms with Crippen molar-refractivity contribution < 1.29 is 4.52 Å². The van der Waals surface area contributed by atoms with Gasteiger partial charge in [0.15, 0.2) is 5.82 Å². The maximum Gasteiger partial charge on any atom is 0.207 e. The SMILES string of the molecule is Cc1cc(Nc2c(N)c(CC(C)C)c(CC(C)C)c(-c3ccccc3)c2-c2nn[nH]n2)no1. The summed E-state index contributed by atoms with van der Waals surface area (Å²) in [5.74, 6) is 2.63. The van der Waals surface area contributed by atoms with Gasteiger partial charge in [0, 0.05) is 6.07 Å². The molecule has 8 heteroatoms. The zero-order valence-electron chi connectivity index (χ0n) is 19.8. The van der Waals surface area contributed by atoms with E-state index in [1.54, 1.807) is 0 Å². The van der Waals surface area contributed by atoms with E-state index in [4.69, 9.17) is 10.3 Å². The third-order valence-corrected chi connectivity index (χ3v) is 5.50. The quantitative estimate of drug-likeness (QED) is 0.304. The Balaban J connectivity index is 2.10. The van der Waals surface area contributed by atoms with E-state index in [-0.39, 0.29) is 0 Å². The fraction of sp³-hybridized carbons (Fsp3) is 0.360. The van der Waals surface area contributed by atoms with Crippen LogP contribution < -0.4 is 11.1 Å². The van der Waals surface area contributed by atoms with Crippen molar-refractivity contribution >= 4 is 17.2 Å². The minimum absolute atomic E-state index is 0.431. The molecule has 4 N–H and O–H groups in total. The topological polar surface area (TPSA) is 119 Å². The van der Waals surface area contributed by atoms with Crippen molar-refractivity contribution in [1.82, 2.24) is 25.8 Å². The van der Waals surface area contributed by atoms with Crippen LogP contribution in [0.25, 0.3) is 22.5 Å². The summed E-state index contributed by atoms with van der Waals surface area (Å²) in [6, 6.07) is 12.2. The number of nitrogens with one attached hydrogen (secondary N) is 2. The molecule has 8 nitrogen and oxygen atoms in total. The standard InChI is InChI=1S/C25H31N7O/c1-14(2)11-18-19(12-15(3)4)23(26)24(27-20-13-16(5)33-30-20)22(25-28-31-32-29-25)21(18)17-9-7-6-8-10-17/h6-10,13-15H,11-12,26H2,1-5H3,(H,27,30)(H,28,29,31,32). The third kappa shape index (κ3) is 4.74. The van der Waals surface area contributed by atoms with Crippen molar-refractivity contribution in [2.24, 2.45) is 11.8 Å². The molecule has 172 valence electrons. The van der Waals surface area contributed by atoms with Gasteiger partial charge in [0.1, 0.15) is 5.76 Å². The Morgan fingerprint density at radius 1 is 1.00 bits per heavy atom. The molecule has 0 atom stereocenters. The average Bonchev–Trinajstić information content (AvgIpc) is 3.44. The van der Waals surface area contributed by atoms with Crippen molar-refractivity contribution in [1.29, 1.82) is 0 Å². The predicted octanol–water partition coefficient (Wildman–Crippen LogP) is 5.55. The van der Waals surface area contributed by atoms with Crippen LogP contribution in [0, 0.1) is 18.8 Å². The monoisotopic (exact) mass is 445 g/mol. The van der Waals surface area contributed by atoms with Crippen LogP contribution in [-0.4, -0.2) is 25.8 Å². The van der Waals surface area contributed by atoms with Crippen LogP contribution in [0.5, 0.6) is 0 Å². The summed E-state index contributed by atoms with van der Waals surface area (Å²) in [7, 11) is 0. The van der Waals surface area contributed by atoms with Gasteiger partial charge in [0.05, 0.1) is 16.9 Å². The van der Waals surface area contributed by atoms with Crippen LogP contribution in [-0.2, 0) is 12.8 Å². The van der Waals surface area contributed by atoms with E-state index in [1.807, 2.05) is 31.2 Å². The molecule has 0 spiro atoms. The van der Waals surface area contributed by atoms with Gasteiger partial charge in [-0.25, -0.2) is 0 Å². The second-order valence-corrected chi connectivity index (χ2v) is 9.24. The zero-order chi connectivity index (χ0) is 23.5.